The van der Waals surface area contributed by atoms with Crippen LogP contribution >= 0.6 is 0 Å². The lowest BCUT2D eigenvalue weighted by Gasteiger charge is -2.17. The lowest BCUT2D eigenvalue weighted by molar-refractivity contribution is 0.0695. The summed E-state index contributed by atoms with van der Waals surface area (Å²) in [5, 5.41) is 21.5. The van der Waals surface area contributed by atoms with Crippen molar-refractivity contribution < 1.29 is 15.0 Å². The molecule has 1 aliphatic rings. The summed E-state index contributed by atoms with van der Waals surface area (Å²) in [7, 11) is 0. The van der Waals surface area contributed by atoms with Crippen LogP contribution in [0.1, 0.15) is 35.2 Å². The second-order valence-corrected chi connectivity index (χ2v) is 4.80. The molecular formula is C14H19NO3. The Balaban J connectivity index is 1.98. The van der Waals surface area contributed by atoms with Crippen molar-refractivity contribution >= 4 is 5.97 Å². The van der Waals surface area contributed by atoms with Crippen LogP contribution in [-0.2, 0) is 6.54 Å². The van der Waals surface area contributed by atoms with Gasteiger partial charge in [0.15, 0.2) is 0 Å². The Morgan fingerprint density at radius 2 is 2.11 bits per heavy atom. The average Bonchev–Trinajstić information content (AvgIpc) is 3.19. The van der Waals surface area contributed by atoms with Gasteiger partial charge in [0, 0.05) is 19.2 Å². The third-order valence-electron chi connectivity index (χ3n) is 3.43. The van der Waals surface area contributed by atoms with Gasteiger partial charge in [0.25, 0.3) is 0 Å². The van der Waals surface area contributed by atoms with E-state index in [4.69, 9.17) is 10.2 Å². The number of rotatable bonds is 7. The molecule has 1 atom stereocenters. The average molecular weight is 249 g/mol. The first-order chi connectivity index (χ1) is 8.72. The van der Waals surface area contributed by atoms with Crippen molar-refractivity contribution in [2.75, 3.05) is 6.61 Å². The Bertz CT molecular complexity index is 415. The zero-order valence-corrected chi connectivity index (χ0v) is 10.3. The van der Waals surface area contributed by atoms with Gasteiger partial charge in [0.05, 0.1) is 5.56 Å². The van der Waals surface area contributed by atoms with Crippen molar-refractivity contribution in [2.24, 2.45) is 5.92 Å². The Hall–Kier alpha value is -1.39. The minimum Gasteiger partial charge on any atom is -0.478 e. The van der Waals surface area contributed by atoms with Crippen LogP contribution in [0.15, 0.2) is 24.3 Å². The van der Waals surface area contributed by atoms with Gasteiger partial charge >= 0.3 is 5.97 Å². The van der Waals surface area contributed by atoms with E-state index in [1.165, 1.54) is 12.8 Å². The first-order valence-electron chi connectivity index (χ1n) is 6.38. The number of benzene rings is 1. The monoisotopic (exact) mass is 249 g/mol. The molecule has 0 amide bonds. The summed E-state index contributed by atoms with van der Waals surface area (Å²) in [5.74, 6) is -0.244. The fourth-order valence-electron chi connectivity index (χ4n) is 2.27. The molecule has 0 saturated heterocycles. The first-order valence-corrected chi connectivity index (χ1v) is 6.38. The summed E-state index contributed by atoms with van der Waals surface area (Å²) in [6.07, 6.45) is 3.15. The van der Waals surface area contributed by atoms with Crippen molar-refractivity contribution in [2.45, 2.75) is 31.8 Å². The van der Waals surface area contributed by atoms with E-state index in [2.05, 4.69) is 5.32 Å². The molecule has 2 rings (SSSR count). The van der Waals surface area contributed by atoms with Crippen molar-refractivity contribution in [1.29, 1.82) is 0 Å². The van der Waals surface area contributed by atoms with Crippen molar-refractivity contribution in [1.82, 2.24) is 5.32 Å². The first kappa shape index (κ1) is 13.1. The molecule has 0 spiro atoms. The highest BCUT2D eigenvalue weighted by Crippen LogP contribution is 2.34. The van der Waals surface area contributed by atoms with Gasteiger partial charge in [-0.25, -0.2) is 4.79 Å². The van der Waals surface area contributed by atoms with Crippen LogP contribution in [0.2, 0.25) is 0 Å². The van der Waals surface area contributed by atoms with E-state index in [0.29, 0.717) is 24.1 Å². The van der Waals surface area contributed by atoms with Gasteiger partial charge in [0.2, 0.25) is 0 Å². The van der Waals surface area contributed by atoms with Crippen LogP contribution in [0.5, 0.6) is 0 Å². The number of carbonyl (C=O) groups is 1. The summed E-state index contributed by atoms with van der Waals surface area (Å²) >= 11 is 0. The standard InChI is InChI=1S/C14H19NO3/c16-8-7-13(10-5-6-10)15-9-11-3-1-2-4-12(11)14(17)18/h1-4,10,13,15-16H,5-9H2,(H,17,18). The van der Waals surface area contributed by atoms with Crippen LogP contribution in [0.4, 0.5) is 0 Å². The molecule has 4 heteroatoms. The minimum atomic E-state index is -0.891. The maximum absolute atomic E-state index is 11.1. The Morgan fingerprint density at radius 3 is 2.72 bits per heavy atom. The predicted octanol–water partition coefficient (Wildman–Crippen LogP) is 1.64. The molecule has 4 nitrogen and oxygen atoms in total. The fourth-order valence-corrected chi connectivity index (χ4v) is 2.27. The summed E-state index contributed by atoms with van der Waals surface area (Å²) < 4.78 is 0. The number of aromatic carboxylic acids is 1. The number of carboxylic acid groups (broad SMARTS) is 1. The maximum atomic E-state index is 11.1. The highest BCUT2D eigenvalue weighted by molar-refractivity contribution is 5.89. The van der Waals surface area contributed by atoms with E-state index < -0.39 is 5.97 Å². The molecule has 1 aliphatic carbocycles. The molecule has 0 bridgehead atoms. The van der Waals surface area contributed by atoms with E-state index in [1.54, 1.807) is 12.1 Å². The van der Waals surface area contributed by atoms with Gasteiger partial charge in [-0.1, -0.05) is 18.2 Å². The molecule has 1 saturated carbocycles. The summed E-state index contributed by atoms with van der Waals surface area (Å²) in [6.45, 7) is 0.721. The fraction of sp³-hybridized carbons (Fsp3) is 0.500. The van der Waals surface area contributed by atoms with E-state index in [9.17, 15) is 4.79 Å². The maximum Gasteiger partial charge on any atom is 0.336 e. The predicted molar refractivity (Wildman–Crippen MR) is 68.5 cm³/mol. The van der Waals surface area contributed by atoms with Crippen LogP contribution in [0.25, 0.3) is 0 Å². The zero-order chi connectivity index (χ0) is 13.0. The molecule has 3 N–H and O–H groups in total. The van der Waals surface area contributed by atoms with Crippen molar-refractivity contribution in [3.63, 3.8) is 0 Å². The molecule has 18 heavy (non-hydrogen) atoms. The van der Waals surface area contributed by atoms with Crippen LogP contribution < -0.4 is 5.32 Å². The summed E-state index contributed by atoms with van der Waals surface area (Å²) in [6, 6.07) is 7.34. The zero-order valence-electron chi connectivity index (χ0n) is 10.3. The van der Waals surface area contributed by atoms with Gasteiger partial charge in [-0.15, -0.1) is 0 Å². The van der Waals surface area contributed by atoms with E-state index >= 15 is 0 Å². The van der Waals surface area contributed by atoms with Crippen molar-refractivity contribution in [3.05, 3.63) is 35.4 Å². The molecule has 1 fully saturated rings. The quantitative estimate of drug-likeness (QED) is 0.687. The van der Waals surface area contributed by atoms with Gasteiger partial charge in [0.1, 0.15) is 0 Å². The van der Waals surface area contributed by atoms with Crippen molar-refractivity contribution in [3.8, 4) is 0 Å². The molecule has 1 aromatic carbocycles. The molecule has 98 valence electrons. The number of aliphatic hydroxyl groups is 1. The topological polar surface area (TPSA) is 69.6 Å². The van der Waals surface area contributed by atoms with Crippen LogP contribution in [0, 0.1) is 5.92 Å². The molecule has 0 aromatic heterocycles. The SMILES string of the molecule is O=C(O)c1ccccc1CNC(CCO)C1CC1. The normalized spacial score (nSPS) is 16.5. The number of hydrogen-bond donors (Lipinski definition) is 3. The van der Waals surface area contributed by atoms with E-state index in [1.807, 2.05) is 12.1 Å². The lowest BCUT2D eigenvalue weighted by atomic mass is 10.1. The smallest absolute Gasteiger partial charge is 0.336 e. The molecular weight excluding hydrogens is 230 g/mol. The molecule has 0 heterocycles. The third-order valence-corrected chi connectivity index (χ3v) is 3.43. The molecule has 1 aromatic rings. The number of aliphatic hydroxyl groups excluding tert-OH is 1. The van der Waals surface area contributed by atoms with Gasteiger partial charge in [-0.05, 0) is 36.8 Å². The number of nitrogens with one attached hydrogen (secondary N) is 1. The number of carboxylic acids is 1. The van der Waals surface area contributed by atoms with Gasteiger partial charge in [-0.3, -0.25) is 0 Å². The number of hydrogen-bond acceptors (Lipinski definition) is 3. The Labute approximate surface area is 107 Å². The Kier molecular flexibility index (Phi) is 4.33. The second-order valence-electron chi connectivity index (χ2n) is 4.80. The Morgan fingerprint density at radius 1 is 1.39 bits per heavy atom. The van der Waals surface area contributed by atoms with Crippen LogP contribution in [0.3, 0.4) is 0 Å². The molecule has 1 unspecified atom stereocenters. The second kappa shape index (κ2) is 5.98. The highest BCUT2D eigenvalue weighted by atomic mass is 16.4. The highest BCUT2D eigenvalue weighted by Gasteiger charge is 2.30. The van der Waals surface area contributed by atoms with Gasteiger partial charge < -0.3 is 15.5 Å². The largest absolute Gasteiger partial charge is 0.478 e. The lowest BCUT2D eigenvalue weighted by Crippen LogP contribution is -2.32. The summed E-state index contributed by atoms with van der Waals surface area (Å²) in [4.78, 5) is 11.1. The minimum absolute atomic E-state index is 0.175. The van der Waals surface area contributed by atoms with Gasteiger partial charge in [-0.2, -0.15) is 0 Å². The third kappa shape index (κ3) is 3.31. The summed E-state index contributed by atoms with van der Waals surface area (Å²) in [5.41, 5.74) is 1.15. The van der Waals surface area contributed by atoms with E-state index in [0.717, 1.165) is 12.0 Å². The van der Waals surface area contributed by atoms with E-state index in [-0.39, 0.29) is 6.61 Å². The molecule has 0 aliphatic heterocycles. The van der Waals surface area contributed by atoms with Crippen LogP contribution in [-0.4, -0.2) is 28.8 Å². The molecule has 0 radical (unpaired) electrons.